The van der Waals surface area contributed by atoms with Gasteiger partial charge in [-0.3, -0.25) is 0 Å². The van der Waals surface area contributed by atoms with Gasteiger partial charge in [-0.1, -0.05) is 42.5 Å². The lowest BCUT2D eigenvalue weighted by Crippen LogP contribution is -2.13. The van der Waals surface area contributed by atoms with E-state index in [9.17, 15) is 0 Å². The van der Waals surface area contributed by atoms with Crippen molar-refractivity contribution in [3.05, 3.63) is 70.8 Å². The molecule has 0 radical (unpaired) electrons. The van der Waals surface area contributed by atoms with E-state index < -0.39 is 0 Å². The molecule has 2 aromatic rings. The second kappa shape index (κ2) is 4.82. The number of nitrogen functional groups attached to an aromatic ring is 1. The van der Waals surface area contributed by atoms with E-state index in [0.29, 0.717) is 5.92 Å². The topological polar surface area (TPSA) is 26.0 Å². The lowest BCUT2D eigenvalue weighted by atomic mass is 9.77. The minimum absolute atomic E-state index is 0.525. The predicted molar refractivity (Wildman–Crippen MR) is 86.9 cm³/mol. The molecule has 102 valence electrons. The first-order valence-electron chi connectivity index (χ1n) is 7.18. The fraction of sp³-hybridized carbons (Fsp3) is 0.263. The molecule has 0 aromatic heterocycles. The van der Waals surface area contributed by atoms with Gasteiger partial charge in [0, 0.05) is 11.3 Å². The summed E-state index contributed by atoms with van der Waals surface area (Å²) < 4.78 is 0. The molecule has 3 rings (SSSR count). The van der Waals surface area contributed by atoms with Crippen molar-refractivity contribution in [3.63, 3.8) is 0 Å². The Morgan fingerprint density at radius 3 is 2.40 bits per heavy atom. The Morgan fingerprint density at radius 2 is 1.70 bits per heavy atom. The summed E-state index contributed by atoms with van der Waals surface area (Å²) in [7, 11) is 0. The number of allylic oxidation sites excluding steroid dienone is 1. The maximum Gasteiger partial charge on any atom is 0.0395 e. The van der Waals surface area contributed by atoms with Crippen LogP contribution < -0.4 is 5.73 Å². The molecular formula is C19H21N. The first-order chi connectivity index (χ1) is 9.54. The van der Waals surface area contributed by atoms with Crippen molar-refractivity contribution in [2.45, 2.75) is 32.6 Å². The van der Waals surface area contributed by atoms with Crippen molar-refractivity contribution >= 4 is 11.3 Å². The summed E-state index contributed by atoms with van der Waals surface area (Å²) in [6.45, 7) is 8.49. The van der Waals surface area contributed by atoms with Crippen molar-refractivity contribution in [2.24, 2.45) is 0 Å². The van der Waals surface area contributed by atoms with Gasteiger partial charge >= 0.3 is 0 Å². The average molecular weight is 263 g/mol. The molecule has 1 aliphatic carbocycles. The van der Waals surface area contributed by atoms with Crippen LogP contribution in [-0.2, 0) is 6.42 Å². The highest BCUT2D eigenvalue weighted by molar-refractivity contribution is 5.79. The first kappa shape index (κ1) is 13.0. The van der Waals surface area contributed by atoms with Crippen molar-refractivity contribution in [1.82, 2.24) is 0 Å². The van der Waals surface area contributed by atoms with E-state index in [0.717, 1.165) is 18.5 Å². The molecule has 1 unspecified atom stereocenters. The van der Waals surface area contributed by atoms with E-state index in [1.807, 2.05) is 0 Å². The predicted octanol–water partition coefficient (Wildman–Crippen LogP) is 4.63. The SMILES string of the molecule is C=C1CC(c2ccc(C)cc2)Cc2cc(C)cc(N)c21. The second-order valence-electron chi connectivity index (χ2n) is 6.01. The number of anilines is 1. The Balaban J connectivity index is 2.00. The lowest BCUT2D eigenvalue weighted by molar-refractivity contribution is 0.684. The van der Waals surface area contributed by atoms with E-state index in [-0.39, 0.29) is 0 Å². The largest absolute Gasteiger partial charge is 0.398 e. The smallest absolute Gasteiger partial charge is 0.0395 e. The van der Waals surface area contributed by atoms with Crippen LogP contribution in [0, 0.1) is 13.8 Å². The van der Waals surface area contributed by atoms with Crippen LogP contribution in [0.25, 0.3) is 5.57 Å². The van der Waals surface area contributed by atoms with Gasteiger partial charge < -0.3 is 5.73 Å². The van der Waals surface area contributed by atoms with E-state index in [4.69, 9.17) is 5.73 Å². The van der Waals surface area contributed by atoms with E-state index in [2.05, 4.69) is 56.8 Å². The zero-order valence-corrected chi connectivity index (χ0v) is 12.2. The summed E-state index contributed by atoms with van der Waals surface area (Å²) in [4.78, 5) is 0. The van der Waals surface area contributed by atoms with Gasteiger partial charge in [-0.15, -0.1) is 0 Å². The van der Waals surface area contributed by atoms with Crippen LogP contribution in [-0.4, -0.2) is 0 Å². The minimum Gasteiger partial charge on any atom is -0.398 e. The highest BCUT2D eigenvalue weighted by Crippen LogP contribution is 2.41. The fourth-order valence-corrected chi connectivity index (χ4v) is 3.30. The van der Waals surface area contributed by atoms with Crippen LogP contribution in [0.2, 0.25) is 0 Å². The molecule has 1 heteroatoms. The van der Waals surface area contributed by atoms with Gasteiger partial charge in [0.2, 0.25) is 0 Å². The highest BCUT2D eigenvalue weighted by Gasteiger charge is 2.24. The molecule has 2 aromatic carbocycles. The maximum atomic E-state index is 6.18. The summed E-state index contributed by atoms with van der Waals surface area (Å²) in [5.74, 6) is 0.525. The third-order valence-electron chi connectivity index (χ3n) is 4.26. The molecule has 0 heterocycles. The number of benzene rings is 2. The molecule has 1 atom stereocenters. The first-order valence-corrected chi connectivity index (χ1v) is 7.18. The maximum absolute atomic E-state index is 6.18. The van der Waals surface area contributed by atoms with Crippen LogP contribution in [0.4, 0.5) is 5.69 Å². The Bertz CT molecular complexity index is 665. The summed E-state index contributed by atoms with van der Waals surface area (Å²) in [6, 6.07) is 13.2. The monoisotopic (exact) mass is 263 g/mol. The summed E-state index contributed by atoms with van der Waals surface area (Å²) in [5, 5.41) is 0. The van der Waals surface area contributed by atoms with Crippen LogP contribution >= 0.6 is 0 Å². The van der Waals surface area contributed by atoms with Crippen molar-refractivity contribution in [1.29, 1.82) is 0 Å². The zero-order chi connectivity index (χ0) is 14.3. The van der Waals surface area contributed by atoms with Gasteiger partial charge in [-0.05, 0) is 60.9 Å². The van der Waals surface area contributed by atoms with Crippen LogP contribution in [0.3, 0.4) is 0 Å². The van der Waals surface area contributed by atoms with Gasteiger partial charge in [0.1, 0.15) is 0 Å². The zero-order valence-electron chi connectivity index (χ0n) is 12.2. The number of hydrogen-bond acceptors (Lipinski definition) is 1. The van der Waals surface area contributed by atoms with Gasteiger partial charge in [-0.25, -0.2) is 0 Å². The van der Waals surface area contributed by atoms with E-state index in [1.165, 1.54) is 33.4 Å². The van der Waals surface area contributed by atoms with Gasteiger partial charge in [-0.2, -0.15) is 0 Å². The lowest BCUT2D eigenvalue weighted by Gasteiger charge is -2.28. The number of aryl methyl sites for hydroxylation is 2. The fourth-order valence-electron chi connectivity index (χ4n) is 3.30. The molecule has 0 saturated heterocycles. The quantitative estimate of drug-likeness (QED) is 0.746. The van der Waals surface area contributed by atoms with Gasteiger partial charge in [0.25, 0.3) is 0 Å². The van der Waals surface area contributed by atoms with E-state index in [1.54, 1.807) is 0 Å². The summed E-state index contributed by atoms with van der Waals surface area (Å²) >= 11 is 0. The van der Waals surface area contributed by atoms with Crippen molar-refractivity contribution < 1.29 is 0 Å². The summed E-state index contributed by atoms with van der Waals surface area (Å²) in [6.07, 6.45) is 2.06. The van der Waals surface area contributed by atoms with Gasteiger partial charge in [0.05, 0.1) is 0 Å². The molecule has 1 nitrogen and oxygen atoms in total. The number of fused-ring (bicyclic) bond motifs is 1. The molecule has 20 heavy (non-hydrogen) atoms. The molecule has 0 aliphatic heterocycles. The minimum atomic E-state index is 0.525. The molecule has 0 bridgehead atoms. The normalized spacial score (nSPS) is 17.9. The molecule has 1 aliphatic rings. The Kier molecular flexibility index (Phi) is 3.13. The Hall–Kier alpha value is -2.02. The highest BCUT2D eigenvalue weighted by atomic mass is 14.6. The number of nitrogens with two attached hydrogens (primary N) is 1. The van der Waals surface area contributed by atoms with E-state index >= 15 is 0 Å². The standard InChI is InChI=1S/C19H21N/c1-12-4-6-15(7-5-12)16-10-14(3)19-17(11-16)8-13(2)9-18(19)20/h4-9,16H,3,10-11,20H2,1-2H3. The Morgan fingerprint density at radius 1 is 1.00 bits per heavy atom. The molecular weight excluding hydrogens is 242 g/mol. The van der Waals surface area contributed by atoms with Crippen LogP contribution in [0.1, 0.15) is 40.2 Å². The molecule has 2 N–H and O–H groups in total. The summed E-state index contributed by atoms with van der Waals surface area (Å²) in [5.41, 5.74) is 14.7. The van der Waals surface area contributed by atoms with Crippen molar-refractivity contribution in [3.8, 4) is 0 Å². The number of rotatable bonds is 1. The third-order valence-corrected chi connectivity index (χ3v) is 4.26. The van der Waals surface area contributed by atoms with Gasteiger partial charge in [0.15, 0.2) is 0 Å². The molecule has 0 saturated carbocycles. The number of hydrogen-bond donors (Lipinski definition) is 1. The van der Waals surface area contributed by atoms with Crippen LogP contribution in [0.15, 0.2) is 43.0 Å². The molecule has 0 spiro atoms. The van der Waals surface area contributed by atoms with Crippen molar-refractivity contribution in [2.75, 3.05) is 5.73 Å². The second-order valence-corrected chi connectivity index (χ2v) is 6.01. The molecule has 0 fully saturated rings. The third kappa shape index (κ3) is 2.24. The Labute approximate surface area is 121 Å². The molecule has 0 amide bonds. The van der Waals surface area contributed by atoms with Crippen LogP contribution in [0.5, 0.6) is 0 Å². The average Bonchev–Trinajstić information content (AvgIpc) is 2.38.